The molecule has 0 aliphatic rings. The van der Waals surface area contributed by atoms with Gasteiger partial charge in [0.2, 0.25) is 20.0 Å². The van der Waals surface area contributed by atoms with Crippen LogP contribution in [-0.2, 0) is 34.4 Å². The summed E-state index contributed by atoms with van der Waals surface area (Å²) in [4.78, 5) is 22.3. The third kappa shape index (κ3) is 12.3. The van der Waals surface area contributed by atoms with Crippen molar-refractivity contribution in [1.29, 1.82) is 0 Å². The van der Waals surface area contributed by atoms with E-state index in [1.165, 1.54) is 0 Å². The molecule has 0 saturated heterocycles. The van der Waals surface area contributed by atoms with Crippen LogP contribution in [0.1, 0.15) is 6.42 Å². The Balaban J connectivity index is 4.50. The zero-order valence-electron chi connectivity index (χ0n) is 12.0. The first-order chi connectivity index (χ1) is 9.91. The summed E-state index contributed by atoms with van der Waals surface area (Å²) in [5.41, 5.74) is -0.247. The number of carboxylic acids is 1. The van der Waals surface area contributed by atoms with Crippen LogP contribution in [-0.4, -0.2) is 66.1 Å². The van der Waals surface area contributed by atoms with Gasteiger partial charge in [-0.3, -0.25) is 0 Å². The minimum Gasteiger partial charge on any atom is -0.478 e. The van der Waals surface area contributed by atoms with Crippen LogP contribution in [0.3, 0.4) is 0 Å². The van der Waals surface area contributed by atoms with Gasteiger partial charge in [0.15, 0.2) is 0 Å². The molecule has 0 radical (unpaired) electrons. The molecule has 12 heteroatoms. The van der Waals surface area contributed by atoms with Gasteiger partial charge in [-0.1, -0.05) is 0 Å². The fourth-order valence-electron chi connectivity index (χ4n) is 1.22. The zero-order chi connectivity index (χ0) is 17.4. The van der Waals surface area contributed by atoms with Crippen LogP contribution in [0.2, 0.25) is 0 Å². The van der Waals surface area contributed by atoms with Crippen LogP contribution < -0.4 is 9.44 Å². The molecule has 0 aromatic rings. The van der Waals surface area contributed by atoms with E-state index in [1.807, 2.05) is 0 Å². The van der Waals surface area contributed by atoms with Crippen molar-refractivity contribution in [3.8, 4) is 0 Å². The van der Waals surface area contributed by atoms with E-state index < -0.39 is 32.0 Å². The largest absolute Gasteiger partial charge is 0.478 e. The van der Waals surface area contributed by atoms with E-state index in [9.17, 15) is 26.4 Å². The highest BCUT2D eigenvalue weighted by Gasteiger charge is 2.14. The van der Waals surface area contributed by atoms with Gasteiger partial charge in [-0.25, -0.2) is 35.9 Å². The molecule has 0 aliphatic carbocycles. The van der Waals surface area contributed by atoms with Crippen LogP contribution in [0.5, 0.6) is 0 Å². The van der Waals surface area contributed by atoms with Crippen LogP contribution in [0.25, 0.3) is 0 Å². The molecular weight excluding hydrogens is 340 g/mol. The monoisotopic (exact) mass is 358 g/mol. The number of carboxylic acid groups (broad SMARTS) is 1. The number of nitrogens with one attached hydrogen (secondary N) is 2. The molecular formula is C10H18N2O8S2. The van der Waals surface area contributed by atoms with Crippen LogP contribution >= 0.6 is 0 Å². The summed E-state index contributed by atoms with van der Waals surface area (Å²) >= 11 is 0. The molecule has 0 aliphatic heterocycles. The topological polar surface area (TPSA) is 156 Å². The summed E-state index contributed by atoms with van der Waals surface area (Å²) < 4.78 is 52.2. The maximum atomic E-state index is 11.7. The molecule has 0 atom stereocenters. The van der Waals surface area contributed by atoms with Crippen molar-refractivity contribution in [2.75, 3.05) is 32.2 Å². The Hall–Kier alpha value is -1.50. The van der Waals surface area contributed by atoms with Gasteiger partial charge < -0.3 is 9.84 Å². The molecule has 0 bridgehead atoms. The fourth-order valence-corrected chi connectivity index (χ4v) is 2.14. The summed E-state index contributed by atoms with van der Waals surface area (Å²) in [5, 5.41) is 8.66. The normalized spacial score (nSPS) is 12.9. The number of ether oxygens (including phenoxy) is 1. The van der Waals surface area contributed by atoms with Crippen molar-refractivity contribution >= 4 is 32.0 Å². The van der Waals surface area contributed by atoms with E-state index in [1.54, 1.807) is 0 Å². The van der Waals surface area contributed by atoms with Gasteiger partial charge in [-0.15, -0.1) is 0 Å². The zero-order valence-corrected chi connectivity index (χ0v) is 13.7. The van der Waals surface area contributed by atoms with Crippen molar-refractivity contribution in [2.45, 2.75) is 6.42 Å². The maximum absolute atomic E-state index is 11.7. The number of esters is 1. The van der Waals surface area contributed by atoms with E-state index >= 15 is 0 Å². The number of hydrogen-bond donors (Lipinski definition) is 3. The predicted octanol–water partition coefficient (Wildman–Crippen LogP) is -1.97. The lowest BCUT2D eigenvalue weighted by atomic mass is 10.2. The van der Waals surface area contributed by atoms with Gasteiger partial charge in [0.05, 0.1) is 12.5 Å². The molecule has 0 saturated carbocycles. The lowest BCUT2D eigenvalue weighted by molar-refractivity contribution is -0.140. The highest BCUT2D eigenvalue weighted by atomic mass is 32.2. The Morgan fingerprint density at radius 2 is 1.55 bits per heavy atom. The van der Waals surface area contributed by atoms with Crippen molar-refractivity contribution in [3.05, 3.63) is 11.6 Å². The van der Waals surface area contributed by atoms with Gasteiger partial charge in [0.1, 0.15) is 6.61 Å². The number of sulfonamides is 2. The number of hydrogen-bond acceptors (Lipinski definition) is 7. The van der Waals surface area contributed by atoms with Crippen molar-refractivity contribution < 1.29 is 36.3 Å². The standard InChI is InChI=1S/C10H18N2O8S2/c1-21(16,17)11-4-3-8(7-9(13)14)10(15)20-6-5-12-22(2,18)19/h7,11-12H,3-6H2,1-2H3,(H,13,14). The van der Waals surface area contributed by atoms with E-state index in [2.05, 4.69) is 9.44 Å². The van der Waals surface area contributed by atoms with E-state index in [4.69, 9.17) is 9.84 Å². The Morgan fingerprint density at radius 1 is 1.05 bits per heavy atom. The first-order valence-electron chi connectivity index (χ1n) is 5.90. The van der Waals surface area contributed by atoms with Crippen LogP contribution in [0, 0.1) is 0 Å². The van der Waals surface area contributed by atoms with Gasteiger partial charge in [-0.2, -0.15) is 0 Å². The highest BCUT2D eigenvalue weighted by Crippen LogP contribution is 2.04. The molecule has 128 valence electrons. The van der Waals surface area contributed by atoms with Gasteiger partial charge in [0, 0.05) is 24.7 Å². The molecule has 3 N–H and O–H groups in total. The number of rotatable bonds is 10. The summed E-state index contributed by atoms with van der Waals surface area (Å²) in [7, 11) is -6.88. The van der Waals surface area contributed by atoms with Crippen molar-refractivity contribution in [1.82, 2.24) is 9.44 Å². The van der Waals surface area contributed by atoms with Crippen LogP contribution in [0.15, 0.2) is 11.6 Å². The van der Waals surface area contributed by atoms with Gasteiger partial charge in [-0.05, 0) is 6.42 Å². The van der Waals surface area contributed by atoms with E-state index in [0.717, 1.165) is 12.5 Å². The minimum atomic E-state index is -3.46. The molecule has 0 fully saturated rings. The molecule has 22 heavy (non-hydrogen) atoms. The molecule has 10 nitrogen and oxygen atoms in total. The Labute approximate surface area is 128 Å². The number of aliphatic carboxylic acids is 1. The first-order valence-corrected chi connectivity index (χ1v) is 9.69. The Kier molecular flexibility index (Phi) is 8.22. The molecule has 0 rings (SSSR count). The van der Waals surface area contributed by atoms with Crippen molar-refractivity contribution in [3.63, 3.8) is 0 Å². The Morgan fingerprint density at radius 3 is 2.00 bits per heavy atom. The fraction of sp³-hybridized carbons (Fsp3) is 0.600. The molecule has 0 spiro atoms. The average molecular weight is 358 g/mol. The van der Waals surface area contributed by atoms with Crippen molar-refractivity contribution in [2.24, 2.45) is 0 Å². The SMILES string of the molecule is CS(=O)(=O)NCCOC(=O)C(=CC(=O)O)CCNS(C)(=O)=O. The summed E-state index contributed by atoms with van der Waals surface area (Å²) in [5.74, 6) is -2.35. The second-order valence-corrected chi connectivity index (χ2v) is 7.89. The highest BCUT2D eigenvalue weighted by molar-refractivity contribution is 7.89. The molecule has 0 unspecified atom stereocenters. The summed E-state index contributed by atoms with van der Waals surface area (Å²) in [6.07, 6.45) is 2.28. The lowest BCUT2D eigenvalue weighted by Crippen LogP contribution is -2.28. The number of carbonyl (C=O) groups is 2. The van der Waals surface area contributed by atoms with Crippen LogP contribution in [0.4, 0.5) is 0 Å². The first kappa shape index (κ1) is 20.5. The molecule has 0 aromatic heterocycles. The second kappa shape index (κ2) is 8.82. The second-order valence-electron chi connectivity index (χ2n) is 4.23. The number of carbonyl (C=O) groups excluding carboxylic acids is 1. The lowest BCUT2D eigenvalue weighted by Gasteiger charge is -2.08. The summed E-state index contributed by atoms with van der Waals surface area (Å²) in [6, 6.07) is 0. The third-order valence-electron chi connectivity index (χ3n) is 2.02. The Bertz CT molecular complexity index is 636. The predicted molar refractivity (Wildman–Crippen MR) is 77.0 cm³/mol. The summed E-state index contributed by atoms with van der Waals surface area (Å²) in [6.45, 7) is -0.622. The van der Waals surface area contributed by atoms with Gasteiger partial charge in [0.25, 0.3) is 0 Å². The molecule has 0 aromatic carbocycles. The average Bonchev–Trinajstić information content (AvgIpc) is 2.30. The van der Waals surface area contributed by atoms with E-state index in [0.29, 0.717) is 6.08 Å². The quantitative estimate of drug-likeness (QED) is 0.231. The molecule has 0 heterocycles. The maximum Gasteiger partial charge on any atom is 0.334 e. The molecule has 0 amide bonds. The minimum absolute atomic E-state index is 0.160. The van der Waals surface area contributed by atoms with Gasteiger partial charge >= 0.3 is 11.9 Å². The van der Waals surface area contributed by atoms with E-state index in [-0.39, 0.29) is 31.7 Å². The smallest absolute Gasteiger partial charge is 0.334 e. The third-order valence-corrected chi connectivity index (χ3v) is 3.47.